The molecule has 0 aromatic heterocycles. The molecule has 1 unspecified atom stereocenters. The third-order valence-electron chi connectivity index (χ3n) is 4.56. The molecular formula is C23H31F3N2O2. The summed E-state index contributed by atoms with van der Waals surface area (Å²) in [7, 11) is 1.67. The van der Waals surface area contributed by atoms with E-state index in [2.05, 4.69) is 16.6 Å². The van der Waals surface area contributed by atoms with Crippen LogP contribution in [0.1, 0.15) is 38.8 Å². The zero-order valence-corrected chi connectivity index (χ0v) is 18.5. The third kappa shape index (κ3) is 6.49. The molecular weight excluding hydrogens is 393 g/mol. The molecule has 7 heteroatoms. The fourth-order valence-corrected chi connectivity index (χ4v) is 3.28. The van der Waals surface area contributed by atoms with Crippen LogP contribution in [0.2, 0.25) is 0 Å². The smallest absolute Gasteiger partial charge is 0.406 e. The van der Waals surface area contributed by atoms with Gasteiger partial charge in [0.05, 0.1) is 5.69 Å². The van der Waals surface area contributed by atoms with E-state index in [1.54, 1.807) is 14.0 Å². The van der Waals surface area contributed by atoms with Crippen LogP contribution in [0.5, 0.6) is 5.75 Å². The number of anilines is 1. The first-order valence-corrected chi connectivity index (χ1v) is 9.95. The van der Waals surface area contributed by atoms with Gasteiger partial charge in [-0.2, -0.15) is 0 Å². The number of likely N-dealkylation sites (N-methyl/N-ethyl adjacent to an activating group) is 1. The van der Waals surface area contributed by atoms with Gasteiger partial charge in [-0.1, -0.05) is 44.2 Å². The minimum atomic E-state index is -4.78. The summed E-state index contributed by atoms with van der Waals surface area (Å²) in [6.07, 6.45) is 1.25. The van der Waals surface area contributed by atoms with Crippen molar-refractivity contribution in [2.45, 2.75) is 53.4 Å². The van der Waals surface area contributed by atoms with Crippen molar-refractivity contribution < 1.29 is 22.7 Å². The Morgan fingerprint density at radius 1 is 1.30 bits per heavy atom. The van der Waals surface area contributed by atoms with Gasteiger partial charge in [0.15, 0.2) is 0 Å². The Morgan fingerprint density at radius 2 is 1.93 bits per heavy atom. The normalized spacial score (nSPS) is 14.8. The number of fused-ring (bicyclic) bond motifs is 1. The lowest BCUT2D eigenvalue weighted by molar-refractivity contribution is -0.274. The van der Waals surface area contributed by atoms with Gasteiger partial charge in [-0.05, 0) is 57.0 Å². The molecule has 0 spiro atoms. The number of rotatable bonds is 6. The molecule has 0 aliphatic carbocycles. The second-order valence-corrected chi connectivity index (χ2v) is 6.72. The van der Waals surface area contributed by atoms with Crippen LogP contribution in [0.15, 0.2) is 48.1 Å². The number of nitrogens with one attached hydrogen (secondary N) is 1. The van der Waals surface area contributed by atoms with Crippen LogP contribution < -0.4 is 15.0 Å². The minimum absolute atomic E-state index is 0.232. The van der Waals surface area contributed by atoms with Crippen molar-refractivity contribution in [3.05, 3.63) is 59.2 Å². The van der Waals surface area contributed by atoms with Gasteiger partial charge in [-0.25, -0.2) is 0 Å². The zero-order valence-electron chi connectivity index (χ0n) is 18.5. The van der Waals surface area contributed by atoms with Crippen LogP contribution >= 0.6 is 0 Å². The number of ether oxygens (including phenoxy) is 1. The van der Waals surface area contributed by atoms with Gasteiger partial charge in [0.25, 0.3) is 0 Å². The molecule has 1 aliphatic rings. The third-order valence-corrected chi connectivity index (χ3v) is 4.56. The summed E-state index contributed by atoms with van der Waals surface area (Å²) in [6, 6.07) is 2.01. The van der Waals surface area contributed by atoms with Gasteiger partial charge in [0.1, 0.15) is 11.8 Å². The topological polar surface area (TPSA) is 41.6 Å². The van der Waals surface area contributed by atoms with Gasteiger partial charge in [0, 0.05) is 12.6 Å². The lowest BCUT2D eigenvalue weighted by atomic mass is 10.0. The molecule has 166 valence electrons. The van der Waals surface area contributed by atoms with Crippen molar-refractivity contribution in [1.29, 1.82) is 0 Å². The largest absolute Gasteiger partial charge is 0.573 e. The molecule has 1 aliphatic heterocycles. The number of hydrogen-bond acceptors (Lipinski definition) is 3. The highest BCUT2D eigenvalue weighted by atomic mass is 19.4. The Balaban J connectivity index is 0.00000218. The van der Waals surface area contributed by atoms with Crippen molar-refractivity contribution in [2.24, 2.45) is 0 Å². The quantitative estimate of drug-likeness (QED) is 0.615. The van der Waals surface area contributed by atoms with E-state index < -0.39 is 12.4 Å². The average Bonchev–Trinajstić information content (AvgIpc) is 3.09. The van der Waals surface area contributed by atoms with Gasteiger partial charge in [0.2, 0.25) is 5.91 Å². The number of carbonyl (C=O) groups is 1. The molecule has 4 nitrogen and oxygen atoms in total. The fourth-order valence-electron chi connectivity index (χ4n) is 3.28. The maximum atomic E-state index is 13.2. The molecule has 0 saturated carbocycles. The molecule has 1 aromatic carbocycles. The van der Waals surface area contributed by atoms with Gasteiger partial charge in [-0.3, -0.25) is 4.79 Å². The number of benzene rings is 1. The van der Waals surface area contributed by atoms with Gasteiger partial charge < -0.3 is 15.0 Å². The fraction of sp³-hybridized carbons (Fsp3) is 0.435. The van der Waals surface area contributed by atoms with Crippen LogP contribution in [0, 0.1) is 6.92 Å². The van der Waals surface area contributed by atoms with Crippen LogP contribution in [0.4, 0.5) is 18.9 Å². The summed E-state index contributed by atoms with van der Waals surface area (Å²) in [5.41, 5.74) is 3.59. The number of halogens is 3. The van der Waals surface area contributed by atoms with Crippen LogP contribution in [-0.2, 0) is 11.2 Å². The average molecular weight is 425 g/mol. The Morgan fingerprint density at radius 3 is 2.43 bits per heavy atom. The van der Waals surface area contributed by atoms with E-state index >= 15 is 0 Å². The number of amides is 1. The van der Waals surface area contributed by atoms with E-state index in [0.29, 0.717) is 24.2 Å². The zero-order chi connectivity index (χ0) is 23.1. The van der Waals surface area contributed by atoms with E-state index in [1.807, 2.05) is 45.9 Å². The van der Waals surface area contributed by atoms with E-state index in [-0.39, 0.29) is 11.7 Å². The molecule has 0 fully saturated rings. The van der Waals surface area contributed by atoms with E-state index in [1.165, 1.54) is 17.0 Å². The second-order valence-electron chi connectivity index (χ2n) is 6.72. The molecule has 0 saturated heterocycles. The molecule has 1 heterocycles. The van der Waals surface area contributed by atoms with Crippen molar-refractivity contribution in [1.82, 2.24) is 5.32 Å². The first-order chi connectivity index (χ1) is 14.1. The van der Waals surface area contributed by atoms with Gasteiger partial charge >= 0.3 is 6.36 Å². The molecule has 1 atom stereocenters. The number of nitrogens with zero attached hydrogens (tertiary/aromatic N) is 1. The summed E-state index contributed by atoms with van der Waals surface area (Å²) in [4.78, 5) is 14.7. The number of hydrogen-bond donors (Lipinski definition) is 1. The van der Waals surface area contributed by atoms with Crippen molar-refractivity contribution >= 4 is 11.6 Å². The van der Waals surface area contributed by atoms with Crippen LogP contribution in [0.3, 0.4) is 0 Å². The number of allylic oxidation sites excluding steroid dienone is 3. The Bertz CT molecular complexity index is 826. The summed E-state index contributed by atoms with van der Waals surface area (Å²) >= 11 is 0. The Labute approximate surface area is 177 Å². The van der Waals surface area contributed by atoms with E-state index in [9.17, 15) is 18.0 Å². The first kappa shape index (κ1) is 25.5. The Hall–Kier alpha value is -2.54. The van der Waals surface area contributed by atoms with Crippen molar-refractivity contribution in [2.75, 3.05) is 18.5 Å². The maximum absolute atomic E-state index is 13.2. The number of alkyl halides is 3. The molecule has 1 N–H and O–H groups in total. The number of carbonyl (C=O) groups excluding carboxylic acids is 1. The molecule has 0 bridgehead atoms. The van der Waals surface area contributed by atoms with Crippen molar-refractivity contribution in [3.63, 3.8) is 0 Å². The summed E-state index contributed by atoms with van der Waals surface area (Å²) in [5.74, 6) is -0.554. The molecule has 30 heavy (non-hydrogen) atoms. The highest BCUT2D eigenvalue weighted by Crippen LogP contribution is 2.37. The second kappa shape index (κ2) is 11.0. The molecule has 1 amide bonds. The highest BCUT2D eigenvalue weighted by molar-refractivity contribution is 6.01. The van der Waals surface area contributed by atoms with Crippen LogP contribution in [-0.4, -0.2) is 31.9 Å². The van der Waals surface area contributed by atoms with E-state index in [4.69, 9.17) is 0 Å². The minimum Gasteiger partial charge on any atom is -0.406 e. The predicted octanol–water partition coefficient (Wildman–Crippen LogP) is 5.48. The van der Waals surface area contributed by atoms with Gasteiger partial charge in [-0.15, -0.1) is 13.2 Å². The Kier molecular flexibility index (Phi) is 9.36. The molecule has 1 aromatic rings. The standard InChI is InChI=1S/C21H25F3N2O2.C2H6/c1-6-15(8-7-13(2)3)19(25-5)20(27)26-10-9-17-14(4)11-16(12-18(17)26)28-21(22,23)24;1-2/h6-8,11-12,19,25H,2,9-10H2,1,3-5H3;1-2H3/b8-7-,15-6+;. The molecule has 2 rings (SSSR count). The van der Waals surface area contributed by atoms with Crippen molar-refractivity contribution in [3.8, 4) is 5.75 Å². The summed E-state index contributed by atoms with van der Waals surface area (Å²) in [5, 5.41) is 3.00. The number of aryl methyl sites for hydroxylation is 1. The highest BCUT2D eigenvalue weighted by Gasteiger charge is 2.35. The first-order valence-electron chi connectivity index (χ1n) is 9.95. The summed E-state index contributed by atoms with van der Waals surface area (Å²) < 4.78 is 42.0. The molecule has 0 radical (unpaired) electrons. The SMILES string of the molecule is C=C(C)/C=C\C(=C/C)C(NC)C(=O)N1CCc2c(C)cc(OC(F)(F)F)cc21.CC. The lowest BCUT2D eigenvalue weighted by Gasteiger charge is -2.25. The maximum Gasteiger partial charge on any atom is 0.573 e. The summed E-state index contributed by atoms with van der Waals surface area (Å²) in [6.45, 7) is 13.6. The predicted molar refractivity (Wildman–Crippen MR) is 116 cm³/mol. The van der Waals surface area contributed by atoms with Crippen LogP contribution in [0.25, 0.3) is 0 Å². The van der Waals surface area contributed by atoms with E-state index in [0.717, 1.165) is 16.7 Å². The lowest BCUT2D eigenvalue weighted by Crippen LogP contribution is -2.45. The monoisotopic (exact) mass is 424 g/mol.